The number of rotatable bonds is 3. The van der Waals surface area contributed by atoms with E-state index in [-0.39, 0.29) is 5.91 Å². The molecule has 1 aromatic heterocycles. The van der Waals surface area contributed by atoms with Gasteiger partial charge in [-0.05, 0) is 49.4 Å². The summed E-state index contributed by atoms with van der Waals surface area (Å²) in [5.41, 5.74) is 3.39. The standard InChI is InChI=1S/C19H18FN3O/c1-12-9-17(16-10-13(20)7-8-18(16)21-12)19(24)22-14-5-4-6-15(11-14)23(2)3/h4-11H,1-3H3,(H,22,24). The van der Waals surface area contributed by atoms with Crippen LogP contribution in [0.1, 0.15) is 16.1 Å². The third-order valence-corrected chi connectivity index (χ3v) is 3.76. The van der Waals surface area contributed by atoms with Gasteiger partial charge in [0.2, 0.25) is 0 Å². The van der Waals surface area contributed by atoms with Gasteiger partial charge < -0.3 is 10.2 Å². The van der Waals surface area contributed by atoms with Crippen molar-refractivity contribution in [2.24, 2.45) is 0 Å². The van der Waals surface area contributed by atoms with Crippen LogP contribution in [0.25, 0.3) is 10.9 Å². The molecule has 4 nitrogen and oxygen atoms in total. The van der Waals surface area contributed by atoms with Gasteiger partial charge in [0.25, 0.3) is 5.91 Å². The van der Waals surface area contributed by atoms with Crippen molar-refractivity contribution in [3.63, 3.8) is 0 Å². The van der Waals surface area contributed by atoms with Gasteiger partial charge in [0.15, 0.2) is 0 Å². The fourth-order valence-electron chi connectivity index (χ4n) is 2.58. The van der Waals surface area contributed by atoms with Crippen molar-refractivity contribution in [2.75, 3.05) is 24.3 Å². The van der Waals surface area contributed by atoms with E-state index in [1.54, 1.807) is 12.1 Å². The molecule has 3 rings (SSSR count). The van der Waals surface area contributed by atoms with E-state index in [2.05, 4.69) is 10.3 Å². The molecule has 0 fully saturated rings. The first-order chi connectivity index (χ1) is 11.4. The molecule has 0 radical (unpaired) electrons. The van der Waals surface area contributed by atoms with Crippen molar-refractivity contribution in [3.8, 4) is 0 Å². The average Bonchev–Trinajstić information content (AvgIpc) is 2.54. The molecule has 2 aromatic carbocycles. The molecule has 122 valence electrons. The van der Waals surface area contributed by atoms with Crippen LogP contribution in [0.5, 0.6) is 0 Å². The van der Waals surface area contributed by atoms with Crippen LogP contribution in [-0.4, -0.2) is 25.0 Å². The summed E-state index contributed by atoms with van der Waals surface area (Å²) in [4.78, 5) is 19.0. The fraction of sp³-hybridized carbons (Fsp3) is 0.158. The average molecular weight is 323 g/mol. The van der Waals surface area contributed by atoms with Gasteiger partial charge in [-0.2, -0.15) is 0 Å². The predicted octanol–water partition coefficient (Wildman–Crippen LogP) is 4.00. The van der Waals surface area contributed by atoms with Gasteiger partial charge in [-0.15, -0.1) is 0 Å². The van der Waals surface area contributed by atoms with Crippen molar-refractivity contribution < 1.29 is 9.18 Å². The highest BCUT2D eigenvalue weighted by Gasteiger charge is 2.13. The van der Waals surface area contributed by atoms with Crippen LogP contribution in [-0.2, 0) is 0 Å². The number of pyridine rings is 1. The Hall–Kier alpha value is -2.95. The second-order valence-corrected chi connectivity index (χ2v) is 5.87. The summed E-state index contributed by atoms with van der Waals surface area (Å²) < 4.78 is 13.6. The Bertz CT molecular complexity index is 922. The monoisotopic (exact) mass is 323 g/mol. The van der Waals surface area contributed by atoms with Crippen LogP contribution >= 0.6 is 0 Å². The van der Waals surface area contributed by atoms with Gasteiger partial charge in [-0.3, -0.25) is 9.78 Å². The summed E-state index contributed by atoms with van der Waals surface area (Å²) >= 11 is 0. The lowest BCUT2D eigenvalue weighted by Gasteiger charge is -2.14. The van der Waals surface area contributed by atoms with E-state index >= 15 is 0 Å². The number of anilines is 2. The van der Waals surface area contributed by atoms with Crippen molar-refractivity contribution in [1.29, 1.82) is 0 Å². The van der Waals surface area contributed by atoms with Crippen LogP contribution in [0.3, 0.4) is 0 Å². The van der Waals surface area contributed by atoms with Gasteiger partial charge in [0.05, 0.1) is 11.1 Å². The Morgan fingerprint density at radius 3 is 2.67 bits per heavy atom. The molecule has 1 N–H and O–H groups in total. The van der Waals surface area contributed by atoms with E-state index in [0.29, 0.717) is 27.8 Å². The molecule has 24 heavy (non-hydrogen) atoms. The highest BCUT2D eigenvalue weighted by atomic mass is 19.1. The number of fused-ring (bicyclic) bond motifs is 1. The van der Waals surface area contributed by atoms with E-state index in [9.17, 15) is 9.18 Å². The van der Waals surface area contributed by atoms with Gasteiger partial charge in [0.1, 0.15) is 5.82 Å². The molecule has 0 bridgehead atoms. The number of benzene rings is 2. The number of aromatic nitrogens is 1. The number of aryl methyl sites for hydroxylation is 1. The number of amides is 1. The summed E-state index contributed by atoms with van der Waals surface area (Å²) in [7, 11) is 3.87. The smallest absolute Gasteiger partial charge is 0.256 e. The highest BCUT2D eigenvalue weighted by molar-refractivity contribution is 6.12. The minimum absolute atomic E-state index is 0.285. The maximum Gasteiger partial charge on any atom is 0.256 e. The van der Waals surface area contributed by atoms with E-state index < -0.39 is 5.82 Å². The van der Waals surface area contributed by atoms with E-state index in [0.717, 1.165) is 5.69 Å². The van der Waals surface area contributed by atoms with Gasteiger partial charge in [-0.1, -0.05) is 6.07 Å². The second-order valence-electron chi connectivity index (χ2n) is 5.87. The third kappa shape index (κ3) is 3.20. The molecule has 3 aromatic rings. The van der Waals surface area contributed by atoms with Crippen LogP contribution in [0.2, 0.25) is 0 Å². The molecular weight excluding hydrogens is 305 g/mol. The molecule has 5 heteroatoms. The van der Waals surface area contributed by atoms with Crippen molar-refractivity contribution in [2.45, 2.75) is 6.92 Å². The number of halogens is 1. The number of carbonyl (C=O) groups is 1. The van der Waals surface area contributed by atoms with Gasteiger partial charge in [-0.25, -0.2) is 4.39 Å². The maximum absolute atomic E-state index is 13.6. The third-order valence-electron chi connectivity index (χ3n) is 3.76. The van der Waals surface area contributed by atoms with E-state index in [1.807, 2.05) is 50.2 Å². The predicted molar refractivity (Wildman–Crippen MR) is 95.2 cm³/mol. The minimum atomic E-state index is -0.392. The number of nitrogens with zero attached hydrogens (tertiary/aromatic N) is 2. The topological polar surface area (TPSA) is 45.2 Å². The Morgan fingerprint density at radius 2 is 1.92 bits per heavy atom. The molecule has 0 aliphatic carbocycles. The Kier molecular flexibility index (Phi) is 4.16. The summed E-state index contributed by atoms with van der Waals surface area (Å²) in [6.45, 7) is 1.81. The lowest BCUT2D eigenvalue weighted by molar-refractivity contribution is 0.102. The first-order valence-electron chi connectivity index (χ1n) is 7.60. The zero-order valence-electron chi connectivity index (χ0n) is 13.8. The highest BCUT2D eigenvalue weighted by Crippen LogP contribution is 2.22. The number of carbonyl (C=O) groups excluding carboxylic acids is 1. The molecule has 0 saturated carbocycles. The molecule has 0 aliphatic rings. The quantitative estimate of drug-likeness (QED) is 0.792. The molecule has 0 atom stereocenters. The second kappa shape index (κ2) is 6.28. The van der Waals surface area contributed by atoms with E-state index in [1.165, 1.54) is 12.1 Å². The lowest BCUT2D eigenvalue weighted by atomic mass is 10.1. The fourth-order valence-corrected chi connectivity index (χ4v) is 2.58. The molecule has 0 unspecified atom stereocenters. The van der Waals surface area contributed by atoms with Gasteiger partial charge in [0, 0.05) is 36.6 Å². The van der Waals surface area contributed by atoms with Crippen LogP contribution in [0.15, 0.2) is 48.5 Å². The van der Waals surface area contributed by atoms with Crippen molar-refractivity contribution in [3.05, 3.63) is 65.6 Å². The normalized spacial score (nSPS) is 10.7. The SMILES string of the molecule is Cc1cc(C(=O)Nc2cccc(N(C)C)c2)c2cc(F)ccc2n1. The first kappa shape index (κ1) is 15.9. The molecule has 0 saturated heterocycles. The van der Waals surface area contributed by atoms with Crippen LogP contribution in [0, 0.1) is 12.7 Å². The summed E-state index contributed by atoms with van der Waals surface area (Å²) in [6.07, 6.45) is 0. The van der Waals surface area contributed by atoms with Gasteiger partial charge >= 0.3 is 0 Å². The van der Waals surface area contributed by atoms with E-state index in [4.69, 9.17) is 0 Å². The molecular formula is C19H18FN3O. The minimum Gasteiger partial charge on any atom is -0.378 e. The van der Waals surface area contributed by atoms with Crippen molar-refractivity contribution >= 4 is 28.2 Å². The molecule has 1 amide bonds. The molecule has 0 aliphatic heterocycles. The number of nitrogens with one attached hydrogen (secondary N) is 1. The zero-order chi connectivity index (χ0) is 17.3. The number of hydrogen-bond donors (Lipinski definition) is 1. The zero-order valence-corrected chi connectivity index (χ0v) is 13.8. The summed E-state index contributed by atoms with van der Waals surface area (Å²) in [6, 6.07) is 13.5. The maximum atomic E-state index is 13.6. The largest absolute Gasteiger partial charge is 0.378 e. The lowest BCUT2D eigenvalue weighted by Crippen LogP contribution is -2.14. The molecule has 0 spiro atoms. The Morgan fingerprint density at radius 1 is 1.12 bits per heavy atom. The van der Waals surface area contributed by atoms with Crippen LogP contribution < -0.4 is 10.2 Å². The number of hydrogen-bond acceptors (Lipinski definition) is 3. The van der Waals surface area contributed by atoms with Crippen molar-refractivity contribution in [1.82, 2.24) is 4.98 Å². The van der Waals surface area contributed by atoms with Crippen LogP contribution in [0.4, 0.5) is 15.8 Å². The first-order valence-corrected chi connectivity index (χ1v) is 7.60. The summed E-state index contributed by atoms with van der Waals surface area (Å²) in [5.74, 6) is -0.677. The molecule has 1 heterocycles. The summed E-state index contributed by atoms with van der Waals surface area (Å²) in [5, 5.41) is 3.38. The Labute approximate surface area is 139 Å². The Balaban J connectivity index is 2.00.